The summed E-state index contributed by atoms with van der Waals surface area (Å²) in [5, 5.41) is 7.96. The minimum Gasteiger partial charge on any atom is -0.494 e. The monoisotopic (exact) mass is 345 g/mol. The van der Waals surface area contributed by atoms with Crippen LogP contribution in [-0.4, -0.2) is 29.0 Å². The molecule has 0 unspecified atom stereocenters. The highest BCUT2D eigenvalue weighted by Crippen LogP contribution is 2.31. The van der Waals surface area contributed by atoms with Crippen molar-refractivity contribution in [3.05, 3.63) is 29.6 Å². The molecule has 0 atom stereocenters. The number of carbonyl (C=O) groups is 1. The summed E-state index contributed by atoms with van der Waals surface area (Å²) < 4.78 is 19.9. The molecular formula is C12H12FN3O2S3. The molecule has 0 spiro atoms. The van der Waals surface area contributed by atoms with Crippen LogP contribution in [0, 0.1) is 5.82 Å². The highest BCUT2D eigenvalue weighted by Gasteiger charge is 2.08. The Hall–Kier alpha value is -1.32. The number of rotatable bonds is 7. The molecule has 0 aliphatic carbocycles. The van der Waals surface area contributed by atoms with Crippen LogP contribution in [0.25, 0.3) is 0 Å². The number of thioether (sulfide) groups is 2. The van der Waals surface area contributed by atoms with Gasteiger partial charge < -0.3 is 10.5 Å². The minimum atomic E-state index is -0.391. The Labute approximate surface area is 133 Å². The summed E-state index contributed by atoms with van der Waals surface area (Å²) in [6.45, 7) is 0. The number of methoxy groups -OCH3 is 1. The van der Waals surface area contributed by atoms with Gasteiger partial charge in [0, 0.05) is 5.75 Å². The van der Waals surface area contributed by atoms with E-state index in [0.29, 0.717) is 10.1 Å². The smallest absolute Gasteiger partial charge is 0.227 e. The van der Waals surface area contributed by atoms with Gasteiger partial charge >= 0.3 is 0 Å². The minimum absolute atomic E-state index is 0.184. The third-order valence-corrected chi connectivity index (χ3v) is 5.59. The molecule has 1 amide bonds. The molecule has 0 radical (unpaired) electrons. The van der Waals surface area contributed by atoms with Crippen molar-refractivity contribution in [2.75, 3.05) is 12.9 Å². The van der Waals surface area contributed by atoms with Crippen molar-refractivity contribution in [3.63, 3.8) is 0 Å². The van der Waals surface area contributed by atoms with Crippen molar-refractivity contribution in [2.24, 2.45) is 5.73 Å². The van der Waals surface area contributed by atoms with E-state index in [-0.39, 0.29) is 17.3 Å². The standard InChI is InChI=1S/C12H12FN3O2S3/c1-18-9-3-2-7(4-8(9)13)5-19-11-15-16-12(21-11)20-6-10(14)17/h2-4H,5-6H2,1H3,(H2,14,17). The molecule has 9 heteroatoms. The fourth-order valence-electron chi connectivity index (χ4n) is 1.39. The molecule has 0 saturated carbocycles. The Bertz CT molecular complexity index is 636. The zero-order chi connectivity index (χ0) is 15.2. The quantitative estimate of drug-likeness (QED) is 0.777. The van der Waals surface area contributed by atoms with Crippen molar-refractivity contribution in [1.29, 1.82) is 0 Å². The Balaban J connectivity index is 1.91. The lowest BCUT2D eigenvalue weighted by molar-refractivity contribution is -0.115. The van der Waals surface area contributed by atoms with Gasteiger partial charge in [-0.1, -0.05) is 40.9 Å². The van der Waals surface area contributed by atoms with Crippen LogP contribution in [0.1, 0.15) is 5.56 Å². The van der Waals surface area contributed by atoms with E-state index in [2.05, 4.69) is 10.2 Å². The predicted octanol–water partition coefficient (Wildman–Crippen LogP) is 2.56. The molecular weight excluding hydrogens is 333 g/mol. The van der Waals surface area contributed by atoms with Gasteiger partial charge in [-0.2, -0.15) is 0 Å². The van der Waals surface area contributed by atoms with Crippen molar-refractivity contribution in [2.45, 2.75) is 14.4 Å². The van der Waals surface area contributed by atoms with Crippen molar-refractivity contribution in [3.8, 4) is 5.75 Å². The molecule has 0 fully saturated rings. The molecule has 112 valence electrons. The molecule has 0 aliphatic rings. The molecule has 2 aromatic rings. The van der Waals surface area contributed by atoms with E-state index >= 15 is 0 Å². The van der Waals surface area contributed by atoms with E-state index in [4.69, 9.17) is 10.5 Å². The average molecular weight is 345 g/mol. The lowest BCUT2D eigenvalue weighted by Crippen LogP contribution is -2.12. The van der Waals surface area contributed by atoms with Crippen LogP contribution in [0.4, 0.5) is 4.39 Å². The number of amides is 1. The SMILES string of the molecule is COc1ccc(CSc2nnc(SCC(N)=O)s2)cc1F. The van der Waals surface area contributed by atoms with Gasteiger partial charge in [0.2, 0.25) is 5.91 Å². The van der Waals surface area contributed by atoms with Crippen LogP contribution in [0.3, 0.4) is 0 Å². The van der Waals surface area contributed by atoms with E-state index in [1.165, 1.54) is 48.0 Å². The molecule has 0 saturated heterocycles. The van der Waals surface area contributed by atoms with Gasteiger partial charge in [0.05, 0.1) is 12.9 Å². The summed E-state index contributed by atoms with van der Waals surface area (Å²) in [6, 6.07) is 4.84. The molecule has 0 bridgehead atoms. The lowest BCUT2D eigenvalue weighted by atomic mass is 10.2. The summed E-state index contributed by atoms with van der Waals surface area (Å²) in [5.74, 6) is 0.215. The first kappa shape index (κ1) is 16.1. The van der Waals surface area contributed by atoms with Crippen LogP contribution in [0.5, 0.6) is 5.75 Å². The fraction of sp³-hybridized carbons (Fsp3) is 0.250. The van der Waals surface area contributed by atoms with Crippen LogP contribution in [0.15, 0.2) is 26.9 Å². The third-order valence-electron chi connectivity index (χ3n) is 2.30. The Morgan fingerprint density at radius 1 is 1.38 bits per heavy atom. The number of hydrogen-bond donors (Lipinski definition) is 1. The van der Waals surface area contributed by atoms with E-state index in [0.717, 1.165) is 9.90 Å². The Morgan fingerprint density at radius 3 is 2.71 bits per heavy atom. The number of primary amides is 1. The first-order valence-electron chi connectivity index (χ1n) is 5.78. The highest BCUT2D eigenvalue weighted by atomic mass is 32.2. The second-order valence-corrected chi connectivity index (χ2v) is 7.27. The molecule has 1 aromatic heterocycles. The average Bonchev–Trinajstić information content (AvgIpc) is 2.91. The highest BCUT2D eigenvalue weighted by molar-refractivity contribution is 8.03. The summed E-state index contributed by atoms with van der Waals surface area (Å²) in [6.07, 6.45) is 0. The molecule has 0 aliphatic heterocycles. The van der Waals surface area contributed by atoms with E-state index < -0.39 is 5.91 Å². The van der Waals surface area contributed by atoms with Crippen molar-refractivity contribution >= 4 is 40.8 Å². The van der Waals surface area contributed by atoms with Gasteiger partial charge in [0.25, 0.3) is 0 Å². The summed E-state index contributed by atoms with van der Waals surface area (Å²) in [5.41, 5.74) is 5.90. The number of halogens is 1. The second kappa shape index (κ2) is 7.62. The third kappa shape index (κ3) is 4.87. The lowest BCUT2D eigenvalue weighted by Gasteiger charge is -2.03. The van der Waals surface area contributed by atoms with Gasteiger partial charge in [0.15, 0.2) is 20.2 Å². The Morgan fingerprint density at radius 2 is 2.10 bits per heavy atom. The number of benzene rings is 1. The van der Waals surface area contributed by atoms with Gasteiger partial charge in [-0.3, -0.25) is 4.79 Å². The van der Waals surface area contributed by atoms with E-state index in [1.54, 1.807) is 12.1 Å². The number of hydrogen-bond acceptors (Lipinski definition) is 7. The zero-order valence-electron chi connectivity index (χ0n) is 11.0. The first-order valence-corrected chi connectivity index (χ1v) is 8.57. The maximum atomic E-state index is 13.5. The van der Waals surface area contributed by atoms with Crippen LogP contribution < -0.4 is 10.5 Å². The van der Waals surface area contributed by atoms with E-state index in [9.17, 15) is 9.18 Å². The molecule has 21 heavy (non-hydrogen) atoms. The molecule has 1 heterocycles. The summed E-state index contributed by atoms with van der Waals surface area (Å²) >= 11 is 4.10. The van der Waals surface area contributed by atoms with Crippen LogP contribution in [-0.2, 0) is 10.5 Å². The van der Waals surface area contributed by atoms with Crippen LogP contribution >= 0.6 is 34.9 Å². The van der Waals surface area contributed by atoms with Gasteiger partial charge in [-0.05, 0) is 17.7 Å². The normalized spacial score (nSPS) is 10.6. The number of carbonyl (C=O) groups excluding carboxylic acids is 1. The molecule has 2 rings (SSSR count). The maximum absolute atomic E-state index is 13.5. The zero-order valence-corrected chi connectivity index (χ0v) is 13.5. The molecule has 2 N–H and O–H groups in total. The predicted molar refractivity (Wildman–Crippen MR) is 82.3 cm³/mol. The fourth-order valence-corrected chi connectivity index (χ4v) is 4.09. The summed E-state index contributed by atoms with van der Waals surface area (Å²) in [7, 11) is 1.43. The number of ether oxygens (including phenoxy) is 1. The van der Waals surface area contributed by atoms with Gasteiger partial charge in [-0.25, -0.2) is 4.39 Å². The van der Waals surface area contributed by atoms with E-state index in [1.807, 2.05) is 0 Å². The van der Waals surface area contributed by atoms with Gasteiger partial charge in [0.1, 0.15) is 0 Å². The first-order chi connectivity index (χ1) is 10.1. The summed E-state index contributed by atoms with van der Waals surface area (Å²) in [4.78, 5) is 10.7. The number of nitrogens with two attached hydrogens (primary N) is 1. The maximum Gasteiger partial charge on any atom is 0.227 e. The van der Waals surface area contributed by atoms with Crippen LogP contribution in [0.2, 0.25) is 0 Å². The largest absolute Gasteiger partial charge is 0.494 e. The number of nitrogens with zero attached hydrogens (tertiary/aromatic N) is 2. The second-order valence-electron chi connectivity index (χ2n) is 3.85. The molecule has 1 aromatic carbocycles. The Kier molecular flexibility index (Phi) is 5.83. The van der Waals surface area contributed by atoms with Crippen molar-refractivity contribution < 1.29 is 13.9 Å². The van der Waals surface area contributed by atoms with Gasteiger partial charge in [-0.15, -0.1) is 10.2 Å². The number of aromatic nitrogens is 2. The van der Waals surface area contributed by atoms with Crippen molar-refractivity contribution in [1.82, 2.24) is 10.2 Å². The topological polar surface area (TPSA) is 78.1 Å². The molecule has 5 nitrogen and oxygen atoms in total.